The molecule has 14 heavy (non-hydrogen) atoms. The fourth-order valence-electron chi connectivity index (χ4n) is 1.24. The molecule has 0 aliphatic rings. The molecule has 0 spiro atoms. The Labute approximate surface area is 87.7 Å². The Morgan fingerprint density at radius 3 is 3.21 bits per heavy atom. The van der Waals surface area contributed by atoms with E-state index in [9.17, 15) is 0 Å². The maximum Gasteiger partial charge on any atom is 0.155 e. The van der Waals surface area contributed by atoms with Crippen LogP contribution in [0.2, 0.25) is 0 Å². The normalized spacial score (nSPS) is 11.5. The van der Waals surface area contributed by atoms with Gasteiger partial charge in [-0.3, -0.25) is 5.10 Å². The summed E-state index contributed by atoms with van der Waals surface area (Å²) in [6, 6.07) is 2.06. The van der Waals surface area contributed by atoms with E-state index in [4.69, 9.17) is 0 Å². The van der Waals surface area contributed by atoms with Gasteiger partial charge >= 0.3 is 0 Å². The third-order valence-corrected chi connectivity index (χ3v) is 2.18. The molecule has 0 bridgehead atoms. The smallest absolute Gasteiger partial charge is 0.155 e. The van der Waals surface area contributed by atoms with E-state index in [1.807, 2.05) is 6.20 Å². The van der Waals surface area contributed by atoms with Crippen molar-refractivity contribution >= 4 is 29.7 Å². The van der Waals surface area contributed by atoms with Gasteiger partial charge in [-0.05, 0) is 23.8 Å². The van der Waals surface area contributed by atoms with Crippen LogP contribution in [0.25, 0.3) is 17.1 Å². The summed E-state index contributed by atoms with van der Waals surface area (Å²) in [6.07, 6.45) is 8.73. The number of nitrogens with one attached hydrogen (secondary N) is 1. The van der Waals surface area contributed by atoms with Crippen LogP contribution in [-0.4, -0.2) is 20.9 Å². The summed E-state index contributed by atoms with van der Waals surface area (Å²) in [7, 11) is 0. The summed E-state index contributed by atoms with van der Waals surface area (Å²) in [5.41, 5.74) is 1.93. The average Bonchev–Trinajstić information content (AvgIpc) is 2.65. The van der Waals surface area contributed by atoms with Crippen LogP contribution < -0.4 is 0 Å². The molecule has 3 nitrogen and oxygen atoms in total. The first-order chi connectivity index (χ1) is 6.90. The van der Waals surface area contributed by atoms with E-state index < -0.39 is 0 Å². The van der Waals surface area contributed by atoms with Crippen molar-refractivity contribution in [2.75, 3.05) is 5.75 Å². The van der Waals surface area contributed by atoms with Gasteiger partial charge in [0.2, 0.25) is 0 Å². The lowest BCUT2D eigenvalue weighted by Crippen LogP contribution is -1.78. The van der Waals surface area contributed by atoms with E-state index in [0.29, 0.717) is 0 Å². The molecular weight excluding hydrogens is 194 g/mol. The quantitative estimate of drug-likeness (QED) is 0.755. The van der Waals surface area contributed by atoms with Gasteiger partial charge < -0.3 is 0 Å². The number of hydrogen-bond donors (Lipinski definition) is 2. The molecule has 0 saturated carbocycles. The van der Waals surface area contributed by atoms with E-state index in [2.05, 4.69) is 46.0 Å². The third-order valence-electron chi connectivity index (χ3n) is 1.92. The molecule has 0 aliphatic heterocycles. The Kier molecular flexibility index (Phi) is 2.84. The largest absolute Gasteiger partial charge is 0.261 e. The molecule has 0 atom stereocenters. The van der Waals surface area contributed by atoms with Gasteiger partial charge in [0.1, 0.15) is 0 Å². The lowest BCUT2D eigenvalue weighted by molar-refractivity contribution is 1.10. The molecule has 72 valence electrons. The van der Waals surface area contributed by atoms with Crippen molar-refractivity contribution < 1.29 is 0 Å². The van der Waals surface area contributed by atoms with Gasteiger partial charge in [0.15, 0.2) is 5.65 Å². The van der Waals surface area contributed by atoms with Crippen molar-refractivity contribution in [2.24, 2.45) is 0 Å². The Bertz CT molecular complexity index is 447. The van der Waals surface area contributed by atoms with Crippen LogP contribution >= 0.6 is 12.6 Å². The van der Waals surface area contributed by atoms with Crippen molar-refractivity contribution in [3.05, 3.63) is 30.1 Å². The Morgan fingerprint density at radius 2 is 2.36 bits per heavy atom. The minimum atomic E-state index is 0.830. The second-order valence-electron chi connectivity index (χ2n) is 2.99. The Hall–Kier alpha value is -1.29. The van der Waals surface area contributed by atoms with Gasteiger partial charge in [0, 0.05) is 11.6 Å². The molecule has 0 fully saturated rings. The van der Waals surface area contributed by atoms with Crippen molar-refractivity contribution in [2.45, 2.75) is 6.42 Å². The van der Waals surface area contributed by atoms with Crippen LogP contribution in [-0.2, 0) is 0 Å². The zero-order valence-corrected chi connectivity index (χ0v) is 8.54. The van der Waals surface area contributed by atoms with Crippen LogP contribution in [0.3, 0.4) is 0 Å². The summed E-state index contributed by atoms with van der Waals surface area (Å²) < 4.78 is 0. The highest BCUT2D eigenvalue weighted by molar-refractivity contribution is 7.80. The molecule has 2 heterocycles. The van der Waals surface area contributed by atoms with E-state index in [1.54, 1.807) is 6.20 Å². The zero-order chi connectivity index (χ0) is 9.80. The fraction of sp³-hybridized carbons (Fsp3) is 0.200. The molecule has 2 rings (SSSR count). The molecular formula is C10H11N3S. The van der Waals surface area contributed by atoms with E-state index >= 15 is 0 Å². The summed E-state index contributed by atoms with van der Waals surface area (Å²) in [6.45, 7) is 0. The molecule has 0 radical (unpaired) electrons. The van der Waals surface area contributed by atoms with Gasteiger partial charge in [-0.15, -0.1) is 0 Å². The van der Waals surface area contributed by atoms with Crippen LogP contribution in [0.4, 0.5) is 0 Å². The molecule has 0 unspecified atom stereocenters. The summed E-state index contributed by atoms with van der Waals surface area (Å²) in [5.74, 6) is 0.873. The van der Waals surface area contributed by atoms with Crippen molar-refractivity contribution in [3.8, 4) is 0 Å². The van der Waals surface area contributed by atoms with Crippen molar-refractivity contribution in [1.29, 1.82) is 0 Å². The third kappa shape index (κ3) is 1.96. The lowest BCUT2D eigenvalue weighted by atomic mass is 10.2. The predicted molar refractivity (Wildman–Crippen MR) is 61.4 cm³/mol. The van der Waals surface area contributed by atoms with Gasteiger partial charge in [-0.1, -0.05) is 12.2 Å². The number of aromatic nitrogens is 3. The van der Waals surface area contributed by atoms with E-state index in [1.165, 1.54) is 0 Å². The Balaban J connectivity index is 2.25. The molecule has 2 aromatic rings. The second kappa shape index (κ2) is 4.28. The molecule has 2 aromatic heterocycles. The van der Waals surface area contributed by atoms with Crippen LogP contribution in [0.15, 0.2) is 24.5 Å². The summed E-state index contributed by atoms with van der Waals surface area (Å²) in [4.78, 5) is 4.23. The zero-order valence-electron chi connectivity index (χ0n) is 7.64. The van der Waals surface area contributed by atoms with Crippen molar-refractivity contribution in [3.63, 3.8) is 0 Å². The van der Waals surface area contributed by atoms with Gasteiger partial charge in [-0.2, -0.15) is 17.7 Å². The topological polar surface area (TPSA) is 41.6 Å². The van der Waals surface area contributed by atoms with Crippen LogP contribution in [0, 0.1) is 0 Å². The highest BCUT2D eigenvalue weighted by Crippen LogP contribution is 2.11. The van der Waals surface area contributed by atoms with E-state index in [0.717, 1.165) is 28.8 Å². The summed E-state index contributed by atoms with van der Waals surface area (Å²) >= 11 is 4.13. The lowest BCUT2D eigenvalue weighted by Gasteiger charge is -1.92. The number of allylic oxidation sites excluding steroid dienone is 1. The minimum absolute atomic E-state index is 0.830. The molecule has 4 heteroatoms. The number of rotatable bonds is 3. The maximum absolute atomic E-state index is 4.23. The SMILES string of the molecule is SCCC=Cc1cnc2[nH]ncc2c1. The van der Waals surface area contributed by atoms with Crippen LogP contribution in [0.1, 0.15) is 12.0 Å². The standard InChI is InChI=1S/C10H11N3S/c14-4-2-1-3-8-5-9-7-12-13-10(9)11-6-8/h1,3,5-7,14H,2,4H2,(H,11,12,13). The highest BCUT2D eigenvalue weighted by atomic mass is 32.1. The van der Waals surface area contributed by atoms with Gasteiger partial charge in [-0.25, -0.2) is 4.98 Å². The molecule has 0 saturated heterocycles. The number of nitrogens with zero attached hydrogens (tertiary/aromatic N) is 2. The fourth-order valence-corrected chi connectivity index (χ4v) is 1.39. The first-order valence-corrected chi connectivity index (χ1v) is 5.10. The average molecular weight is 205 g/mol. The number of fused-ring (bicyclic) bond motifs is 1. The number of H-pyrrole nitrogens is 1. The minimum Gasteiger partial charge on any atom is -0.261 e. The summed E-state index contributed by atoms with van der Waals surface area (Å²) in [5, 5.41) is 7.77. The maximum atomic E-state index is 4.23. The highest BCUT2D eigenvalue weighted by Gasteiger charge is 1.95. The number of pyridine rings is 1. The predicted octanol–water partition coefficient (Wildman–Crippen LogP) is 2.29. The van der Waals surface area contributed by atoms with Crippen molar-refractivity contribution in [1.82, 2.24) is 15.2 Å². The molecule has 1 N–H and O–H groups in total. The second-order valence-corrected chi connectivity index (χ2v) is 3.44. The van der Waals surface area contributed by atoms with E-state index in [-0.39, 0.29) is 0 Å². The van der Waals surface area contributed by atoms with Gasteiger partial charge in [0.25, 0.3) is 0 Å². The molecule has 0 aliphatic carbocycles. The number of hydrogen-bond acceptors (Lipinski definition) is 3. The van der Waals surface area contributed by atoms with Gasteiger partial charge in [0.05, 0.1) is 6.20 Å². The molecule has 0 amide bonds. The first-order valence-electron chi connectivity index (χ1n) is 4.46. The first kappa shape index (κ1) is 9.27. The Morgan fingerprint density at radius 1 is 1.43 bits per heavy atom. The number of aromatic amines is 1. The number of thiol groups is 1. The van der Waals surface area contributed by atoms with Crippen LogP contribution in [0.5, 0.6) is 0 Å². The molecule has 0 aromatic carbocycles. The monoisotopic (exact) mass is 205 g/mol.